The summed E-state index contributed by atoms with van der Waals surface area (Å²) in [5, 5.41) is 10.5. The van der Waals surface area contributed by atoms with Gasteiger partial charge in [-0.3, -0.25) is 0 Å². The van der Waals surface area contributed by atoms with Crippen molar-refractivity contribution in [3.63, 3.8) is 0 Å². The van der Waals surface area contributed by atoms with Crippen molar-refractivity contribution in [1.82, 2.24) is 0 Å². The molecule has 0 aliphatic carbocycles. The molecule has 0 radical (unpaired) electrons. The lowest BCUT2D eigenvalue weighted by molar-refractivity contribution is 1.50. The van der Waals surface area contributed by atoms with E-state index in [4.69, 9.17) is 0 Å². The van der Waals surface area contributed by atoms with Crippen LogP contribution in [0.25, 0.3) is 43.1 Å². The summed E-state index contributed by atoms with van der Waals surface area (Å²) in [7, 11) is 0. The monoisotopic (exact) mass is 506 g/mol. The van der Waals surface area contributed by atoms with Gasteiger partial charge in [0.15, 0.2) is 0 Å². The van der Waals surface area contributed by atoms with Gasteiger partial charge in [0, 0.05) is 0 Å². The quantitative estimate of drug-likeness (QED) is 0.180. The molecule has 0 heterocycles. The SMILES string of the molecule is CC.CC.CC.CC.CC.c1ccc2cc3ccccc3cc2c1.c1ccc2cc3ccccc3cc2c1. The van der Waals surface area contributed by atoms with Crippen molar-refractivity contribution < 1.29 is 0 Å². The fourth-order valence-corrected chi connectivity index (χ4v) is 3.77. The van der Waals surface area contributed by atoms with Crippen LogP contribution in [-0.2, 0) is 0 Å². The highest BCUT2D eigenvalue weighted by Gasteiger charge is 1.96. The van der Waals surface area contributed by atoms with E-state index in [9.17, 15) is 0 Å². The summed E-state index contributed by atoms with van der Waals surface area (Å²) >= 11 is 0. The highest BCUT2D eigenvalue weighted by Crippen LogP contribution is 2.23. The minimum absolute atomic E-state index is 1.31. The maximum absolute atomic E-state index is 2.24. The summed E-state index contributed by atoms with van der Waals surface area (Å²) in [6.07, 6.45) is 0. The van der Waals surface area contributed by atoms with Crippen LogP contribution in [-0.4, -0.2) is 0 Å². The van der Waals surface area contributed by atoms with Gasteiger partial charge >= 0.3 is 0 Å². The topological polar surface area (TPSA) is 0 Å². The predicted molar refractivity (Wildman–Crippen MR) is 180 cm³/mol. The van der Waals surface area contributed by atoms with Gasteiger partial charge < -0.3 is 0 Å². The zero-order valence-electron chi connectivity index (χ0n) is 25.5. The van der Waals surface area contributed by atoms with E-state index in [2.05, 4.69) is 121 Å². The van der Waals surface area contributed by atoms with Gasteiger partial charge in [0.05, 0.1) is 0 Å². The van der Waals surface area contributed by atoms with Gasteiger partial charge in [-0.25, -0.2) is 0 Å². The van der Waals surface area contributed by atoms with Gasteiger partial charge in [-0.05, 0) is 67.4 Å². The average Bonchev–Trinajstić information content (AvgIpc) is 3.04. The van der Waals surface area contributed by atoms with Crippen molar-refractivity contribution in [2.24, 2.45) is 0 Å². The minimum atomic E-state index is 1.31. The first-order chi connectivity index (χ1) is 18.9. The summed E-state index contributed by atoms with van der Waals surface area (Å²) in [6.45, 7) is 20.0. The zero-order valence-corrected chi connectivity index (χ0v) is 25.5. The van der Waals surface area contributed by atoms with Crippen LogP contribution in [0, 0.1) is 0 Å². The minimum Gasteiger partial charge on any atom is -0.0683 e. The second-order valence-electron chi connectivity index (χ2n) is 7.09. The summed E-state index contributed by atoms with van der Waals surface area (Å²) in [4.78, 5) is 0. The van der Waals surface area contributed by atoms with E-state index in [-0.39, 0.29) is 0 Å². The number of fused-ring (bicyclic) bond motifs is 4. The van der Waals surface area contributed by atoms with Crippen LogP contribution in [0.3, 0.4) is 0 Å². The Morgan fingerprint density at radius 2 is 0.316 bits per heavy atom. The molecule has 0 unspecified atom stereocenters. The molecule has 0 atom stereocenters. The van der Waals surface area contributed by atoms with Gasteiger partial charge in [0.25, 0.3) is 0 Å². The summed E-state index contributed by atoms with van der Waals surface area (Å²) in [5.74, 6) is 0. The average molecular weight is 507 g/mol. The lowest BCUT2D eigenvalue weighted by atomic mass is 10.0. The predicted octanol–water partition coefficient (Wildman–Crippen LogP) is 13.1. The molecule has 0 aliphatic rings. The molecule has 0 spiro atoms. The van der Waals surface area contributed by atoms with Crippen molar-refractivity contribution in [2.45, 2.75) is 69.2 Å². The van der Waals surface area contributed by atoms with Crippen LogP contribution >= 0.6 is 0 Å². The van der Waals surface area contributed by atoms with Crippen LogP contribution in [0.15, 0.2) is 121 Å². The highest BCUT2D eigenvalue weighted by atomic mass is 14.0. The third-order valence-corrected chi connectivity index (χ3v) is 5.23. The van der Waals surface area contributed by atoms with Crippen LogP contribution < -0.4 is 0 Å². The molecule has 38 heavy (non-hydrogen) atoms. The van der Waals surface area contributed by atoms with E-state index < -0.39 is 0 Å². The largest absolute Gasteiger partial charge is 0.0683 e. The van der Waals surface area contributed by atoms with Crippen LogP contribution in [0.4, 0.5) is 0 Å². The number of hydrogen-bond donors (Lipinski definition) is 0. The number of rotatable bonds is 0. The molecule has 0 fully saturated rings. The van der Waals surface area contributed by atoms with Gasteiger partial charge in [-0.15, -0.1) is 0 Å². The lowest BCUT2D eigenvalue weighted by Crippen LogP contribution is -1.74. The molecule has 0 amide bonds. The first-order valence-corrected chi connectivity index (χ1v) is 14.6. The second-order valence-corrected chi connectivity index (χ2v) is 7.09. The first kappa shape index (κ1) is 34.4. The summed E-state index contributed by atoms with van der Waals surface area (Å²) in [6, 6.07) is 42.8. The van der Waals surface area contributed by atoms with Crippen molar-refractivity contribution in [3.8, 4) is 0 Å². The van der Waals surface area contributed by atoms with Crippen molar-refractivity contribution in [3.05, 3.63) is 121 Å². The molecule has 0 saturated heterocycles. The molecule has 0 aliphatic heterocycles. The number of hydrogen-bond acceptors (Lipinski definition) is 0. The van der Waals surface area contributed by atoms with E-state index in [0.717, 1.165) is 0 Å². The Kier molecular flexibility index (Phi) is 19.4. The Balaban J connectivity index is 0.000000545. The molecule has 0 N–H and O–H groups in total. The Hall–Kier alpha value is -3.64. The fraction of sp³-hybridized carbons (Fsp3) is 0.263. The zero-order chi connectivity index (χ0) is 28.8. The molecule has 0 aromatic heterocycles. The Morgan fingerprint density at radius 1 is 0.211 bits per heavy atom. The molecule has 0 bridgehead atoms. The van der Waals surface area contributed by atoms with Crippen molar-refractivity contribution >= 4 is 43.1 Å². The molecule has 202 valence electrons. The van der Waals surface area contributed by atoms with Gasteiger partial charge in [0.1, 0.15) is 0 Å². The maximum atomic E-state index is 2.24. The molecule has 0 nitrogen and oxygen atoms in total. The van der Waals surface area contributed by atoms with E-state index >= 15 is 0 Å². The Labute approximate surface area is 233 Å². The molecular weight excluding hydrogens is 456 g/mol. The van der Waals surface area contributed by atoms with Crippen LogP contribution in [0.2, 0.25) is 0 Å². The molecule has 6 aromatic carbocycles. The van der Waals surface area contributed by atoms with E-state index in [1.165, 1.54) is 43.1 Å². The Morgan fingerprint density at radius 3 is 0.421 bits per heavy atom. The third kappa shape index (κ3) is 10.0. The summed E-state index contributed by atoms with van der Waals surface area (Å²) in [5.41, 5.74) is 0. The van der Waals surface area contributed by atoms with E-state index in [1.807, 2.05) is 69.2 Å². The fourth-order valence-electron chi connectivity index (χ4n) is 3.77. The third-order valence-electron chi connectivity index (χ3n) is 5.23. The molecule has 6 rings (SSSR count). The highest BCUT2D eigenvalue weighted by molar-refractivity contribution is 5.99. The Bertz CT molecular complexity index is 1090. The van der Waals surface area contributed by atoms with E-state index in [0.29, 0.717) is 0 Å². The lowest BCUT2D eigenvalue weighted by Gasteiger charge is -2.00. The molecular formula is C38H50. The second kappa shape index (κ2) is 21.4. The van der Waals surface area contributed by atoms with Gasteiger partial charge in [-0.1, -0.05) is 166 Å². The summed E-state index contributed by atoms with van der Waals surface area (Å²) < 4.78 is 0. The van der Waals surface area contributed by atoms with Crippen molar-refractivity contribution in [2.75, 3.05) is 0 Å². The van der Waals surface area contributed by atoms with Crippen LogP contribution in [0.1, 0.15) is 69.2 Å². The van der Waals surface area contributed by atoms with Gasteiger partial charge in [0.2, 0.25) is 0 Å². The van der Waals surface area contributed by atoms with Crippen molar-refractivity contribution in [1.29, 1.82) is 0 Å². The van der Waals surface area contributed by atoms with Gasteiger partial charge in [-0.2, -0.15) is 0 Å². The standard InChI is InChI=1S/2C14H10.5C2H6/c2*1-2-6-12-10-14-8-4-3-7-13(14)9-11(12)5-1;5*1-2/h2*1-10H;5*1-2H3. The van der Waals surface area contributed by atoms with E-state index in [1.54, 1.807) is 0 Å². The normalized spacial score (nSPS) is 8.79. The smallest absolute Gasteiger partial charge is 0.0178 e. The number of benzene rings is 6. The first-order valence-electron chi connectivity index (χ1n) is 14.6. The maximum Gasteiger partial charge on any atom is -0.0178 e. The molecule has 0 saturated carbocycles. The van der Waals surface area contributed by atoms with Crippen LogP contribution in [0.5, 0.6) is 0 Å². The molecule has 6 aromatic rings. The molecule has 0 heteroatoms.